The van der Waals surface area contributed by atoms with Crippen molar-refractivity contribution in [3.05, 3.63) is 56.7 Å². The Balaban J connectivity index is 2.12. The van der Waals surface area contributed by atoms with E-state index in [1.54, 1.807) is 17.4 Å². The largest absolute Gasteiger partial charge is 0.448 e. The van der Waals surface area contributed by atoms with Gasteiger partial charge in [-0.05, 0) is 62.1 Å². The summed E-state index contributed by atoms with van der Waals surface area (Å²) in [5.74, 6) is 0.819. The third-order valence-corrected chi connectivity index (χ3v) is 5.82. The van der Waals surface area contributed by atoms with Crippen molar-refractivity contribution in [1.82, 2.24) is 0 Å². The van der Waals surface area contributed by atoms with Crippen LogP contribution in [0.4, 0.5) is 0 Å². The van der Waals surface area contributed by atoms with Gasteiger partial charge >= 0.3 is 0 Å². The third-order valence-electron chi connectivity index (χ3n) is 2.70. The average Bonchev–Trinajstić information content (AvgIpc) is 2.95. The molecule has 0 saturated heterocycles. The predicted octanol–water partition coefficient (Wildman–Crippen LogP) is 6.39. The molecule has 1 aromatic carbocycles. The van der Waals surface area contributed by atoms with Crippen molar-refractivity contribution in [3.63, 3.8) is 0 Å². The maximum atomic E-state index is 5.82. The number of furan rings is 1. The maximum absolute atomic E-state index is 5.82. The number of halogens is 3. The summed E-state index contributed by atoms with van der Waals surface area (Å²) in [7, 11) is 0. The number of alkyl halides is 1. The second-order valence-corrected chi connectivity index (χ2v) is 6.83. The van der Waals surface area contributed by atoms with Gasteiger partial charge in [0.25, 0.3) is 0 Å². The van der Waals surface area contributed by atoms with Crippen molar-refractivity contribution >= 4 is 64.9 Å². The molecule has 0 aliphatic rings. The highest BCUT2D eigenvalue weighted by Gasteiger charge is 2.18. The molecule has 18 heavy (non-hydrogen) atoms. The quantitative estimate of drug-likeness (QED) is 0.449. The van der Waals surface area contributed by atoms with Crippen LogP contribution in [-0.2, 0) is 0 Å². The van der Waals surface area contributed by atoms with Crippen molar-refractivity contribution < 1.29 is 4.42 Å². The molecule has 0 aliphatic carbocycles. The Hall–Kier alpha value is -0.290. The van der Waals surface area contributed by atoms with Crippen LogP contribution in [0, 0.1) is 0 Å². The van der Waals surface area contributed by atoms with Crippen LogP contribution < -0.4 is 0 Å². The molecule has 2 aromatic heterocycles. The fourth-order valence-electron chi connectivity index (χ4n) is 1.86. The fraction of sp³-hybridized carbons (Fsp3) is 0.0769. The van der Waals surface area contributed by atoms with E-state index in [-0.39, 0.29) is 4.83 Å². The van der Waals surface area contributed by atoms with Gasteiger partial charge in [0.1, 0.15) is 5.76 Å². The molecule has 92 valence electrons. The van der Waals surface area contributed by atoms with Crippen LogP contribution in [0.5, 0.6) is 0 Å². The second-order valence-electron chi connectivity index (χ2n) is 3.81. The van der Waals surface area contributed by atoms with Gasteiger partial charge < -0.3 is 4.42 Å². The Morgan fingerprint density at radius 1 is 1.22 bits per heavy atom. The fourth-order valence-corrected chi connectivity index (χ4v) is 4.46. The predicted molar refractivity (Wildman–Crippen MR) is 84.0 cm³/mol. The van der Waals surface area contributed by atoms with Crippen LogP contribution in [0.25, 0.3) is 10.1 Å². The summed E-state index contributed by atoms with van der Waals surface area (Å²) in [5, 5.41) is 3.78. The summed E-state index contributed by atoms with van der Waals surface area (Å²) in [5.41, 5.74) is 1.20. The van der Waals surface area contributed by atoms with Gasteiger partial charge in [0.15, 0.2) is 5.22 Å². The lowest BCUT2D eigenvalue weighted by molar-refractivity contribution is 0.522. The highest BCUT2D eigenvalue weighted by molar-refractivity contribution is 9.10. The molecule has 3 rings (SSSR count). The van der Waals surface area contributed by atoms with E-state index in [4.69, 9.17) is 16.0 Å². The molecule has 3 aromatic rings. The standard InChI is InChI=1S/C13H7Br2ClOS/c14-9-3-1-2-7-8(6-18-13(7)9)12(15)10-4-5-11(16)17-10/h1-6,12H. The van der Waals surface area contributed by atoms with Gasteiger partial charge in [-0.3, -0.25) is 0 Å². The SMILES string of the molecule is Clc1ccc(C(Br)c2csc3c(Br)cccc23)o1. The summed E-state index contributed by atoms with van der Waals surface area (Å²) >= 11 is 14.8. The number of rotatable bonds is 2. The van der Waals surface area contributed by atoms with E-state index in [2.05, 4.69) is 49.4 Å². The smallest absolute Gasteiger partial charge is 0.193 e. The van der Waals surface area contributed by atoms with E-state index in [1.165, 1.54) is 15.6 Å². The minimum Gasteiger partial charge on any atom is -0.448 e. The van der Waals surface area contributed by atoms with Gasteiger partial charge in [0.05, 0.1) is 4.83 Å². The Kier molecular flexibility index (Phi) is 3.54. The Morgan fingerprint density at radius 2 is 2.06 bits per heavy atom. The molecule has 0 fully saturated rings. The Bertz CT molecular complexity index is 704. The van der Waals surface area contributed by atoms with Crippen molar-refractivity contribution in [2.45, 2.75) is 4.83 Å². The molecule has 0 bridgehead atoms. The van der Waals surface area contributed by atoms with Crippen molar-refractivity contribution in [2.75, 3.05) is 0 Å². The third kappa shape index (κ3) is 2.16. The molecule has 0 amide bonds. The van der Waals surface area contributed by atoms with Gasteiger partial charge in [-0.2, -0.15) is 0 Å². The normalized spacial score (nSPS) is 13.1. The van der Waals surface area contributed by atoms with Gasteiger partial charge in [-0.15, -0.1) is 11.3 Å². The molecular weight excluding hydrogens is 399 g/mol. The highest BCUT2D eigenvalue weighted by Crippen LogP contribution is 2.41. The van der Waals surface area contributed by atoms with E-state index in [9.17, 15) is 0 Å². The lowest BCUT2D eigenvalue weighted by Gasteiger charge is -2.05. The zero-order valence-corrected chi connectivity index (χ0v) is 13.7. The first-order chi connectivity index (χ1) is 8.66. The van der Waals surface area contributed by atoms with E-state index in [1.807, 2.05) is 12.1 Å². The lowest BCUT2D eigenvalue weighted by atomic mass is 10.1. The first kappa shape index (κ1) is 12.7. The van der Waals surface area contributed by atoms with Gasteiger partial charge in [0.2, 0.25) is 0 Å². The molecular formula is C13H7Br2ClOS. The Labute approximate surface area is 130 Å². The minimum absolute atomic E-state index is 0.0213. The second kappa shape index (κ2) is 5.00. The summed E-state index contributed by atoms with van der Waals surface area (Å²) in [6.45, 7) is 0. The molecule has 2 heterocycles. The van der Waals surface area contributed by atoms with Crippen LogP contribution in [0.15, 0.2) is 44.6 Å². The minimum atomic E-state index is 0.0213. The molecule has 1 unspecified atom stereocenters. The summed E-state index contributed by atoms with van der Waals surface area (Å²) < 4.78 is 7.82. The molecule has 0 aliphatic heterocycles. The van der Waals surface area contributed by atoms with E-state index < -0.39 is 0 Å². The van der Waals surface area contributed by atoms with E-state index >= 15 is 0 Å². The maximum Gasteiger partial charge on any atom is 0.193 e. The van der Waals surface area contributed by atoms with Crippen LogP contribution in [0.2, 0.25) is 5.22 Å². The first-order valence-electron chi connectivity index (χ1n) is 5.21. The Morgan fingerprint density at radius 3 is 2.78 bits per heavy atom. The van der Waals surface area contributed by atoms with Crippen LogP contribution in [-0.4, -0.2) is 0 Å². The topological polar surface area (TPSA) is 13.1 Å². The molecule has 0 spiro atoms. The van der Waals surface area contributed by atoms with Crippen LogP contribution in [0.1, 0.15) is 16.2 Å². The van der Waals surface area contributed by atoms with Gasteiger partial charge in [-0.25, -0.2) is 0 Å². The zero-order chi connectivity index (χ0) is 12.7. The average molecular weight is 407 g/mol. The highest BCUT2D eigenvalue weighted by atomic mass is 79.9. The number of fused-ring (bicyclic) bond motifs is 1. The molecule has 1 nitrogen and oxygen atoms in total. The molecule has 0 N–H and O–H groups in total. The van der Waals surface area contributed by atoms with Crippen LogP contribution >= 0.6 is 54.8 Å². The number of benzene rings is 1. The van der Waals surface area contributed by atoms with Crippen molar-refractivity contribution in [2.24, 2.45) is 0 Å². The summed E-state index contributed by atoms with van der Waals surface area (Å²) in [4.78, 5) is 0.0213. The summed E-state index contributed by atoms with van der Waals surface area (Å²) in [6, 6.07) is 9.86. The molecule has 0 radical (unpaired) electrons. The monoisotopic (exact) mass is 404 g/mol. The van der Waals surface area contributed by atoms with Crippen molar-refractivity contribution in [1.29, 1.82) is 0 Å². The van der Waals surface area contributed by atoms with Gasteiger partial charge in [-0.1, -0.05) is 28.1 Å². The number of thiophene rings is 1. The number of hydrogen-bond acceptors (Lipinski definition) is 2. The lowest BCUT2D eigenvalue weighted by Crippen LogP contribution is -1.88. The number of hydrogen-bond donors (Lipinski definition) is 0. The first-order valence-corrected chi connectivity index (χ1v) is 8.18. The molecule has 1 atom stereocenters. The van der Waals surface area contributed by atoms with Gasteiger partial charge in [0, 0.05) is 9.17 Å². The van der Waals surface area contributed by atoms with E-state index in [0.29, 0.717) is 5.22 Å². The summed E-state index contributed by atoms with van der Waals surface area (Å²) in [6.07, 6.45) is 0. The van der Waals surface area contributed by atoms with Crippen LogP contribution in [0.3, 0.4) is 0 Å². The van der Waals surface area contributed by atoms with E-state index in [0.717, 1.165) is 10.2 Å². The zero-order valence-electron chi connectivity index (χ0n) is 8.99. The molecule has 5 heteroatoms. The molecule has 0 saturated carbocycles. The van der Waals surface area contributed by atoms with Crippen molar-refractivity contribution in [3.8, 4) is 0 Å².